The Morgan fingerprint density at radius 1 is 1.06 bits per heavy atom. The van der Waals surface area contributed by atoms with Crippen LogP contribution in [0.25, 0.3) is 11.1 Å². The van der Waals surface area contributed by atoms with Crippen molar-refractivity contribution < 1.29 is 16.0 Å². The molecule has 0 spiro atoms. The van der Waals surface area contributed by atoms with Gasteiger partial charge in [0.2, 0.25) is 0 Å². The summed E-state index contributed by atoms with van der Waals surface area (Å²) in [5.41, 5.74) is 5.16. The van der Waals surface area contributed by atoms with E-state index in [2.05, 4.69) is 44.6 Å². The number of benzene rings is 2. The third-order valence-corrected chi connectivity index (χ3v) is 5.61. The Hall–Kier alpha value is -1.01. The van der Waals surface area contributed by atoms with Crippen LogP contribution in [0, 0.1) is 0 Å². The Labute approximate surface area is 110 Å². The van der Waals surface area contributed by atoms with Gasteiger partial charge in [-0.3, -0.25) is 0 Å². The van der Waals surface area contributed by atoms with Crippen LogP contribution in [0.3, 0.4) is 0 Å². The second kappa shape index (κ2) is 4.35. The van der Waals surface area contributed by atoms with E-state index in [9.17, 15) is 4.79 Å². The molecule has 2 aromatic carbocycles. The van der Waals surface area contributed by atoms with Crippen molar-refractivity contribution in [2.24, 2.45) is 0 Å². The normalized spacial score (nSPS) is 12.6. The zero-order chi connectivity index (χ0) is 11.8. The molecule has 17 heavy (non-hydrogen) atoms. The van der Waals surface area contributed by atoms with Crippen LogP contribution in [0.1, 0.15) is 11.1 Å². The number of hydrogen-bond acceptors (Lipinski definition) is 1. The van der Waals surface area contributed by atoms with Crippen molar-refractivity contribution >= 4 is 23.6 Å². The molecule has 0 fully saturated rings. The fourth-order valence-corrected chi connectivity index (χ4v) is 4.06. The predicted molar refractivity (Wildman–Crippen MR) is 68.9 cm³/mol. The molecule has 0 N–H and O–H groups in total. The molecule has 0 radical (unpaired) electrons. The van der Waals surface area contributed by atoms with E-state index in [1.54, 1.807) is 0 Å². The summed E-state index contributed by atoms with van der Waals surface area (Å²) in [5.74, 6) is 0. The molecule has 0 saturated heterocycles. The van der Waals surface area contributed by atoms with Gasteiger partial charge in [0.25, 0.3) is 0 Å². The third-order valence-electron chi connectivity index (χ3n) is 2.97. The molecular formula is C14H9BrNiO. The van der Waals surface area contributed by atoms with Crippen molar-refractivity contribution in [3.63, 3.8) is 0 Å². The average Bonchev–Trinajstić information content (AvgIpc) is 2.76. The quantitative estimate of drug-likeness (QED) is 0.627. The first-order chi connectivity index (χ1) is 8.31. The van der Waals surface area contributed by atoms with Crippen LogP contribution in [-0.2, 0) is 22.4 Å². The first-order valence-corrected chi connectivity index (χ1v) is 8.60. The van der Waals surface area contributed by atoms with Crippen molar-refractivity contribution in [2.75, 3.05) is 0 Å². The molecular weight excluding hydrogens is 323 g/mol. The standard InChI is InChI=1S/C13H9.CO.BrH.Ni/c1-3-7-12-10(5-1)9-11-6-2-4-8-13(11)12;1-2;;/h1-5,7-8H,9H2;;1H;/q;;;+1/p-1. The van der Waals surface area contributed by atoms with Gasteiger partial charge in [0.05, 0.1) is 0 Å². The van der Waals surface area contributed by atoms with E-state index >= 15 is 0 Å². The Bertz CT molecular complexity index is 657. The monoisotopic (exact) mass is 330 g/mol. The van der Waals surface area contributed by atoms with E-state index in [-0.39, 0.29) is 0 Å². The summed E-state index contributed by atoms with van der Waals surface area (Å²) >= 11 is 2.66. The van der Waals surface area contributed by atoms with Gasteiger partial charge in [-0.25, -0.2) is 0 Å². The minimum atomic E-state index is -0.742. The van der Waals surface area contributed by atoms with Crippen LogP contribution in [0.2, 0.25) is 0 Å². The molecule has 3 heteroatoms. The van der Waals surface area contributed by atoms with Crippen molar-refractivity contribution in [1.82, 2.24) is 0 Å². The summed E-state index contributed by atoms with van der Waals surface area (Å²) < 4.78 is 1.08. The Balaban J connectivity index is 2.28. The molecule has 88 valence electrons. The van der Waals surface area contributed by atoms with Gasteiger partial charge in [-0.1, -0.05) is 0 Å². The van der Waals surface area contributed by atoms with Crippen molar-refractivity contribution in [3.8, 4) is 11.1 Å². The van der Waals surface area contributed by atoms with Crippen LogP contribution < -0.4 is 4.53 Å². The van der Waals surface area contributed by atoms with E-state index in [4.69, 9.17) is 0 Å². The van der Waals surface area contributed by atoms with Crippen molar-refractivity contribution in [3.05, 3.63) is 53.6 Å². The van der Waals surface area contributed by atoms with Crippen molar-refractivity contribution in [1.29, 1.82) is 0 Å². The van der Waals surface area contributed by atoms with E-state index < -0.39 is 11.2 Å². The Kier molecular flexibility index (Phi) is 2.84. The maximum absolute atomic E-state index is 10.8. The van der Waals surface area contributed by atoms with Gasteiger partial charge >= 0.3 is 111 Å². The fraction of sp³-hybridized carbons (Fsp3) is 0.0714. The second-order valence-corrected chi connectivity index (χ2v) is 7.25. The molecule has 3 rings (SSSR count). The van der Waals surface area contributed by atoms with E-state index in [0.717, 1.165) is 11.0 Å². The molecule has 0 bridgehead atoms. The molecule has 1 aliphatic rings. The molecule has 0 unspecified atom stereocenters. The van der Waals surface area contributed by atoms with Gasteiger partial charge in [0.15, 0.2) is 0 Å². The summed E-state index contributed by atoms with van der Waals surface area (Å²) in [6.07, 6.45) is 0.919. The van der Waals surface area contributed by atoms with Gasteiger partial charge < -0.3 is 0 Å². The maximum atomic E-state index is 10.8. The average molecular weight is 332 g/mol. The SMILES string of the molecule is O=[C]=[Ni]([Br])[c]1cccc2c1Cc1ccccc1-2. The van der Waals surface area contributed by atoms with Crippen LogP contribution in [0.4, 0.5) is 0 Å². The van der Waals surface area contributed by atoms with E-state index in [1.807, 2.05) is 17.0 Å². The summed E-state index contributed by atoms with van der Waals surface area (Å²) in [4.78, 5) is 12.9. The topological polar surface area (TPSA) is 17.1 Å². The van der Waals surface area contributed by atoms with Crippen LogP contribution in [-0.4, -0.2) is 4.86 Å². The second-order valence-electron chi connectivity index (χ2n) is 3.83. The molecule has 0 aliphatic heterocycles. The zero-order valence-corrected chi connectivity index (χ0v) is 11.4. The zero-order valence-electron chi connectivity index (χ0n) is 8.85. The molecule has 0 heterocycles. The summed E-state index contributed by atoms with van der Waals surface area (Å²) in [7, 11) is 0. The molecule has 2 aromatic rings. The predicted octanol–water partition coefficient (Wildman–Crippen LogP) is 2.88. The van der Waals surface area contributed by atoms with Gasteiger partial charge in [0.1, 0.15) is 0 Å². The van der Waals surface area contributed by atoms with Gasteiger partial charge in [0, 0.05) is 0 Å². The fourth-order valence-electron chi connectivity index (χ4n) is 2.26. The number of fused-ring (bicyclic) bond motifs is 3. The molecule has 0 amide bonds. The third kappa shape index (κ3) is 1.75. The molecule has 1 aliphatic carbocycles. The number of halogens is 1. The number of rotatable bonds is 1. The van der Waals surface area contributed by atoms with Gasteiger partial charge in [-0.05, 0) is 0 Å². The number of hydrogen-bond donors (Lipinski definition) is 0. The minimum absolute atomic E-state index is 0.742. The van der Waals surface area contributed by atoms with Gasteiger partial charge in [-0.2, -0.15) is 0 Å². The van der Waals surface area contributed by atoms with Crippen LogP contribution in [0.15, 0.2) is 42.5 Å². The molecule has 0 aromatic heterocycles. The summed E-state index contributed by atoms with van der Waals surface area (Å²) in [6.45, 7) is 0. The molecule has 0 saturated carbocycles. The Morgan fingerprint density at radius 3 is 2.65 bits per heavy atom. The number of carbonyl (C=O) groups excluding carboxylic acids is 1. The summed E-state index contributed by atoms with van der Waals surface area (Å²) in [5, 5.41) is 0. The van der Waals surface area contributed by atoms with E-state index in [1.165, 1.54) is 22.3 Å². The van der Waals surface area contributed by atoms with Crippen LogP contribution in [0.5, 0.6) is 0 Å². The van der Waals surface area contributed by atoms with E-state index in [0.29, 0.717) is 0 Å². The summed E-state index contributed by atoms with van der Waals surface area (Å²) in [6, 6.07) is 14.6. The first-order valence-electron chi connectivity index (χ1n) is 5.17. The Morgan fingerprint density at radius 2 is 1.82 bits per heavy atom. The molecule has 1 nitrogen and oxygen atoms in total. The molecule has 0 atom stereocenters. The van der Waals surface area contributed by atoms with Gasteiger partial charge in [-0.15, -0.1) is 0 Å². The van der Waals surface area contributed by atoms with Crippen molar-refractivity contribution in [2.45, 2.75) is 6.42 Å². The first kappa shape index (κ1) is 11.1. The van der Waals surface area contributed by atoms with Crippen LogP contribution >= 0.6 is 14.2 Å².